The molecule has 3 aromatic carbocycles. The Morgan fingerprint density at radius 1 is 0.947 bits per heavy atom. The van der Waals surface area contributed by atoms with Crippen LogP contribution in [0.25, 0.3) is 10.9 Å². The number of rotatable bonds is 10. The molecule has 0 saturated heterocycles. The molecule has 2 unspecified atom stereocenters. The van der Waals surface area contributed by atoms with E-state index in [-0.39, 0.29) is 11.7 Å². The third-order valence-electron chi connectivity index (χ3n) is 7.17. The first kappa shape index (κ1) is 25.3. The molecule has 194 valence electrons. The number of benzene rings is 3. The summed E-state index contributed by atoms with van der Waals surface area (Å²) in [4.78, 5) is 28.5. The number of aliphatic hydroxyl groups is 1. The van der Waals surface area contributed by atoms with E-state index in [2.05, 4.69) is 22.4 Å². The number of fused-ring (bicyclic) bond motifs is 1. The lowest BCUT2D eigenvalue weighted by Gasteiger charge is -2.18. The first-order chi connectivity index (χ1) is 18.5. The summed E-state index contributed by atoms with van der Waals surface area (Å²) in [6.07, 6.45) is 1.62. The second kappa shape index (κ2) is 11.4. The van der Waals surface area contributed by atoms with Crippen LogP contribution < -0.4 is 5.32 Å². The number of aromatic amines is 1. The van der Waals surface area contributed by atoms with E-state index in [1.54, 1.807) is 0 Å². The van der Waals surface area contributed by atoms with E-state index < -0.39 is 18.0 Å². The van der Waals surface area contributed by atoms with Crippen LogP contribution in [-0.4, -0.2) is 34.6 Å². The largest absolute Gasteiger partial charge is 0.508 e. The highest BCUT2D eigenvalue weighted by Gasteiger charge is 2.40. The molecule has 2 heterocycles. The van der Waals surface area contributed by atoms with Crippen LogP contribution in [0.4, 0.5) is 0 Å². The SMILES string of the molecule is CC(=O)NCCc1c(C(CCc2ccccc2)C2=C(O)C(Cc3ccccc3)OC2=O)[nH]c2ccccc12. The zero-order valence-corrected chi connectivity index (χ0v) is 21.4. The minimum absolute atomic E-state index is 0.00313. The highest BCUT2D eigenvalue weighted by atomic mass is 16.6. The molecular formula is C32H32N2O4. The van der Waals surface area contributed by atoms with E-state index in [0.717, 1.165) is 39.7 Å². The Kier molecular flexibility index (Phi) is 7.59. The zero-order valence-electron chi connectivity index (χ0n) is 21.4. The number of para-hydroxylation sites is 1. The number of carbonyl (C=O) groups excluding carboxylic acids is 2. The lowest BCUT2D eigenvalue weighted by molar-refractivity contribution is -0.140. The molecule has 0 saturated carbocycles. The monoisotopic (exact) mass is 508 g/mol. The van der Waals surface area contributed by atoms with Crippen LogP contribution in [0.1, 0.15) is 41.6 Å². The Bertz CT molecular complexity index is 1460. The van der Waals surface area contributed by atoms with Crippen LogP contribution >= 0.6 is 0 Å². The second-order valence-electron chi connectivity index (χ2n) is 9.76. The zero-order chi connectivity index (χ0) is 26.5. The maximum atomic E-state index is 13.3. The fraction of sp³-hybridized carbons (Fsp3) is 0.250. The lowest BCUT2D eigenvalue weighted by Crippen LogP contribution is -2.23. The number of ether oxygens (including phenoxy) is 1. The molecular weight excluding hydrogens is 476 g/mol. The predicted octanol–water partition coefficient (Wildman–Crippen LogP) is 5.54. The van der Waals surface area contributed by atoms with E-state index in [1.807, 2.05) is 72.8 Å². The Morgan fingerprint density at radius 2 is 1.61 bits per heavy atom. The molecule has 0 fully saturated rings. The first-order valence-corrected chi connectivity index (χ1v) is 13.1. The summed E-state index contributed by atoms with van der Waals surface area (Å²) < 4.78 is 5.74. The molecule has 4 aromatic rings. The smallest absolute Gasteiger partial charge is 0.338 e. The minimum atomic E-state index is -0.716. The molecule has 5 rings (SSSR count). The fourth-order valence-electron chi connectivity index (χ4n) is 5.35. The number of H-pyrrole nitrogens is 1. The van der Waals surface area contributed by atoms with Crippen molar-refractivity contribution in [3.8, 4) is 0 Å². The van der Waals surface area contributed by atoms with Gasteiger partial charge in [-0.2, -0.15) is 0 Å². The number of hydrogen-bond acceptors (Lipinski definition) is 4. The molecule has 0 bridgehead atoms. The van der Waals surface area contributed by atoms with Crippen molar-refractivity contribution in [1.29, 1.82) is 0 Å². The van der Waals surface area contributed by atoms with Gasteiger partial charge in [0, 0.05) is 42.4 Å². The van der Waals surface area contributed by atoms with Gasteiger partial charge in [0.1, 0.15) is 5.76 Å². The number of carbonyl (C=O) groups is 2. The Balaban J connectivity index is 1.56. The maximum Gasteiger partial charge on any atom is 0.338 e. The topological polar surface area (TPSA) is 91.4 Å². The van der Waals surface area contributed by atoms with Crippen molar-refractivity contribution >= 4 is 22.8 Å². The van der Waals surface area contributed by atoms with Crippen LogP contribution in [0, 0.1) is 0 Å². The van der Waals surface area contributed by atoms with Gasteiger partial charge in [0.05, 0.1) is 5.57 Å². The van der Waals surface area contributed by atoms with E-state index in [1.165, 1.54) is 6.92 Å². The number of aliphatic hydroxyl groups excluding tert-OH is 1. The van der Waals surface area contributed by atoms with Gasteiger partial charge < -0.3 is 20.1 Å². The average molecular weight is 509 g/mol. The molecule has 3 N–H and O–H groups in total. The molecule has 0 aliphatic carbocycles. The van der Waals surface area contributed by atoms with Crippen molar-refractivity contribution in [2.45, 2.75) is 44.6 Å². The summed E-state index contributed by atoms with van der Waals surface area (Å²) in [7, 11) is 0. The van der Waals surface area contributed by atoms with E-state index in [9.17, 15) is 14.7 Å². The highest BCUT2D eigenvalue weighted by Crippen LogP contribution is 2.40. The van der Waals surface area contributed by atoms with Gasteiger partial charge in [0.2, 0.25) is 5.91 Å². The van der Waals surface area contributed by atoms with E-state index >= 15 is 0 Å². The van der Waals surface area contributed by atoms with Gasteiger partial charge in [0.25, 0.3) is 0 Å². The van der Waals surface area contributed by atoms with Crippen molar-refractivity contribution in [2.75, 3.05) is 6.54 Å². The first-order valence-electron chi connectivity index (χ1n) is 13.1. The van der Waals surface area contributed by atoms with Crippen molar-refractivity contribution in [2.24, 2.45) is 0 Å². The third-order valence-corrected chi connectivity index (χ3v) is 7.17. The average Bonchev–Trinajstić information content (AvgIpc) is 3.42. The standard InChI is InChI=1S/C32H32N2O4/c1-21(35)33-19-18-25-24-14-8-9-15-27(24)34-30(25)26(17-16-22-10-4-2-5-11-22)29-31(36)28(38-32(29)37)20-23-12-6-3-7-13-23/h2-15,26,28,34,36H,16-20H2,1H3,(H,33,35). The number of amides is 1. The summed E-state index contributed by atoms with van der Waals surface area (Å²) in [5.74, 6) is -0.963. The van der Waals surface area contributed by atoms with E-state index in [4.69, 9.17) is 4.74 Å². The molecule has 6 nitrogen and oxygen atoms in total. The predicted molar refractivity (Wildman–Crippen MR) is 148 cm³/mol. The van der Waals surface area contributed by atoms with Crippen LogP contribution in [-0.2, 0) is 33.6 Å². The maximum absolute atomic E-state index is 13.3. The number of esters is 1. The van der Waals surface area contributed by atoms with Gasteiger partial charge in [-0.1, -0.05) is 78.9 Å². The molecule has 1 aliphatic heterocycles. The van der Waals surface area contributed by atoms with Gasteiger partial charge in [0.15, 0.2) is 6.10 Å². The minimum Gasteiger partial charge on any atom is -0.508 e. The number of aromatic nitrogens is 1. The molecule has 0 radical (unpaired) electrons. The van der Waals surface area contributed by atoms with E-state index in [0.29, 0.717) is 31.4 Å². The molecule has 2 atom stereocenters. The summed E-state index contributed by atoms with van der Waals surface area (Å²) in [5, 5.41) is 15.3. The van der Waals surface area contributed by atoms with Gasteiger partial charge in [-0.05, 0) is 42.0 Å². The summed E-state index contributed by atoms with van der Waals surface area (Å²) >= 11 is 0. The number of hydrogen-bond donors (Lipinski definition) is 3. The summed E-state index contributed by atoms with van der Waals surface area (Å²) in [5.41, 5.74) is 5.33. The van der Waals surface area contributed by atoms with Gasteiger partial charge in [-0.3, -0.25) is 4.79 Å². The Morgan fingerprint density at radius 3 is 2.32 bits per heavy atom. The quantitative estimate of drug-likeness (QED) is 0.245. The van der Waals surface area contributed by atoms with Crippen molar-refractivity contribution in [3.63, 3.8) is 0 Å². The molecule has 1 amide bonds. The van der Waals surface area contributed by atoms with Gasteiger partial charge in [-0.15, -0.1) is 0 Å². The van der Waals surface area contributed by atoms with Crippen LogP contribution in [0.2, 0.25) is 0 Å². The van der Waals surface area contributed by atoms with Crippen LogP contribution in [0.5, 0.6) is 0 Å². The molecule has 6 heteroatoms. The molecule has 1 aliphatic rings. The fourth-order valence-corrected chi connectivity index (χ4v) is 5.35. The third kappa shape index (κ3) is 5.49. The molecule has 0 spiro atoms. The van der Waals surface area contributed by atoms with Gasteiger partial charge >= 0.3 is 5.97 Å². The van der Waals surface area contributed by atoms with Crippen molar-refractivity contribution < 1.29 is 19.4 Å². The normalized spacial score (nSPS) is 16.0. The van der Waals surface area contributed by atoms with Crippen molar-refractivity contribution in [3.05, 3.63) is 119 Å². The second-order valence-corrected chi connectivity index (χ2v) is 9.76. The van der Waals surface area contributed by atoms with Crippen LogP contribution in [0.3, 0.4) is 0 Å². The molecule has 38 heavy (non-hydrogen) atoms. The summed E-state index contributed by atoms with van der Waals surface area (Å²) in [6.45, 7) is 1.98. The molecule has 1 aromatic heterocycles. The highest BCUT2D eigenvalue weighted by molar-refractivity contribution is 5.94. The Hall–Kier alpha value is -4.32. The summed E-state index contributed by atoms with van der Waals surface area (Å²) in [6, 6.07) is 27.9. The number of nitrogens with one attached hydrogen (secondary N) is 2. The lowest BCUT2D eigenvalue weighted by atomic mass is 9.85. The number of aryl methyl sites for hydroxylation is 1. The van der Waals surface area contributed by atoms with Crippen LogP contribution in [0.15, 0.2) is 96.3 Å². The van der Waals surface area contributed by atoms with Gasteiger partial charge in [-0.25, -0.2) is 4.79 Å². The van der Waals surface area contributed by atoms with Crippen molar-refractivity contribution in [1.82, 2.24) is 10.3 Å². The number of cyclic esters (lactones) is 1. The Labute approximate surface area is 222 Å².